The number of aromatic nitrogens is 2. The Morgan fingerprint density at radius 3 is 2.95 bits per heavy atom. The van der Waals surface area contributed by atoms with E-state index in [9.17, 15) is 9.90 Å². The van der Waals surface area contributed by atoms with Gasteiger partial charge in [-0.05, 0) is 33.2 Å². The molecule has 2 heterocycles. The predicted octanol–water partition coefficient (Wildman–Crippen LogP) is 0.627. The van der Waals surface area contributed by atoms with Crippen LogP contribution in [0.25, 0.3) is 0 Å². The van der Waals surface area contributed by atoms with Crippen molar-refractivity contribution in [3.63, 3.8) is 0 Å². The Morgan fingerprint density at radius 1 is 1.57 bits per heavy atom. The number of aliphatic hydroxyl groups is 1. The summed E-state index contributed by atoms with van der Waals surface area (Å²) in [4.78, 5) is 16.1. The van der Waals surface area contributed by atoms with Gasteiger partial charge in [0.2, 0.25) is 5.91 Å². The first-order valence-electron chi connectivity index (χ1n) is 7.67. The summed E-state index contributed by atoms with van der Waals surface area (Å²) in [6.45, 7) is 7.32. The molecule has 0 saturated carbocycles. The summed E-state index contributed by atoms with van der Waals surface area (Å²) >= 11 is 0. The number of piperidine rings is 1. The van der Waals surface area contributed by atoms with Crippen LogP contribution >= 0.6 is 0 Å². The number of likely N-dealkylation sites (tertiary alicyclic amines) is 1. The quantitative estimate of drug-likeness (QED) is 0.865. The highest BCUT2D eigenvalue weighted by Crippen LogP contribution is 2.12. The lowest BCUT2D eigenvalue weighted by molar-refractivity contribution is -0.132. The molecule has 1 N–H and O–H groups in total. The molecular weight excluding hydrogens is 268 g/mol. The van der Waals surface area contributed by atoms with Gasteiger partial charge in [0.1, 0.15) is 0 Å². The van der Waals surface area contributed by atoms with Crippen molar-refractivity contribution in [3.8, 4) is 0 Å². The van der Waals surface area contributed by atoms with Crippen LogP contribution in [0.3, 0.4) is 0 Å². The maximum absolute atomic E-state index is 12.3. The molecule has 2 rings (SSSR count). The number of likely N-dealkylation sites (N-methyl/N-ethyl adjacent to an activating group) is 1. The molecule has 0 spiro atoms. The van der Waals surface area contributed by atoms with E-state index in [-0.39, 0.29) is 12.0 Å². The number of carbonyl (C=O) groups is 1. The number of amides is 1. The number of β-amino-alcohol motifs (C(OH)–C–C–N with tert-alkyl or cyclic N) is 1. The van der Waals surface area contributed by atoms with Crippen molar-refractivity contribution in [2.75, 3.05) is 26.7 Å². The van der Waals surface area contributed by atoms with E-state index in [4.69, 9.17) is 0 Å². The molecule has 6 nitrogen and oxygen atoms in total. The standard InChI is InChI=1S/C15H26N4O2/c1-4-19-9-13(12(2)16-19)8-17(3)15(21)11-18-7-5-6-14(20)10-18/h9,14,20H,4-8,10-11H2,1-3H3. The Kier molecular flexibility index (Phi) is 5.36. The molecule has 1 aliphatic rings. The lowest BCUT2D eigenvalue weighted by Gasteiger charge is -2.30. The molecule has 1 aliphatic heterocycles. The van der Waals surface area contributed by atoms with Crippen LogP contribution in [0.4, 0.5) is 0 Å². The Labute approximate surface area is 126 Å². The lowest BCUT2D eigenvalue weighted by Crippen LogP contribution is -2.44. The van der Waals surface area contributed by atoms with Crippen molar-refractivity contribution in [2.24, 2.45) is 0 Å². The number of aliphatic hydroxyl groups excluding tert-OH is 1. The minimum Gasteiger partial charge on any atom is -0.392 e. The van der Waals surface area contributed by atoms with Crippen LogP contribution < -0.4 is 0 Å². The summed E-state index contributed by atoms with van der Waals surface area (Å²) in [6.07, 6.45) is 3.52. The maximum Gasteiger partial charge on any atom is 0.236 e. The minimum absolute atomic E-state index is 0.0905. The highest BCUT2D eigenvalue weighted by Gasteiger charge is 2.21. The van der Waals surface area contributed by atoms with Gasteiger partial charge in [0.25, 0.3) is 0 Å². The van der Waals surface area contributed by atoms with Gasteiger partial charge in [0.15, 0.2) is 0 Å². The normalized spacial score (nSPS) is 19.7. The van der Waals surface area contributed by atoms with Crippen molar-refractivity contribution >= 4 is 5.91 Å². The van der Waals surface area contributed by atoms with Gasteiger partial charge in [-0.15, -0.1) is 0 Å². The Hall–Kier alpha value is -1.40. The highest BCUT2D eigenvalue weighted by atomic mass is 16.3. The first-order valence-corrected chi connectivity index (χ1v) is 7.67. The number of aryl methyl sites for hydroxylation is 2. The van der Waals surface area contributed by atoms with Crippen LogP contribution in [0, 0.1) is 6.92 Å². The molecule has 1 aromatic rings. The van der Waals surface area contributed by atoms with Gasteiger partial charge < -0.3 is 10.0 Å². The smallest absolute Gasteiger partial charge is 0.236 e. The Bertz CT molecular complexity index is 486. The van der Waals surface area contributed by atoms with Crippen LogP contribution in [0.1, 0.15) is 31.0 Å². The summed E-state index contributed by atoms with van der Waals surface area (Å²) in [6, 6.07) is 0. The fourth-order valence-corrected chi connectivity index (χ4v) is 2.71. The number of hydrogen-bond donors (Lipinski definition) is 1. The third-order valence-corrected chi connectivity index (χ3v) is 4.04. The van der Waals surface area contributed by atoms with Crippen molar-refractivity contribution in [2.45, 2.75) is 45.9 Å². The van der Waals surface area contributed by atoms with E-state index in [2.05, 4.69) is 5.10 Å². The third kappa shape index (κ3) is 4.28. The summed E-state index contributed by atoms with van der Waals surface area (Å²) in [5.74, 6) is 0.0905. The summed E-state index contributed by atoms with van der Waals surface area (Å²) < 4.78 is 1.89. The van der Waals surface area contributed by atoms with Gasteiger partial charge in [-0.2, -0.15) is 5.10 Å². The molecular formula is C15H26N4O2. The van der Waals surface area contributed by atoms with E-state index in [0.717, 1.165) is 37.2 Å². The molecule has 1 unspecified atom stereocenters. The minimum atomic E-state index is -0.290. The summed E-state index contributed by atoms with van der Waals surface area (Å²) in [7, 11) is 1.82. The zero-order chi connectivity index (χ0) is 15.4. The maximum atomic E-state index is 12.3. The van der Waals surface area contributed by atoms with E-state index in [1.54, 1.807) is 4.90 Å². The molecule has 0 bridgehead atoms. The predicted molar refractivity (Wildman–Crippen MR) is 80.8 cm³/mol. The largest absolute Gasteiger partial charge is 0.392 e. The molecule has 1 atom stereocenters. The molecule has 1 aromatic heterocycles. The van der Waals surface area contributed by atoms with E-state index in [1.807, 2.05) is 36.7 Å². The summed E-state index contributed by atoms with van der Waals surface area (Å²) in [5, 5.41) is 14.1. The number of carbonyl (C=O) groups excluding carboxylic acids is 1. The second-order valence-corrected chi connectivity index (χ2v) is 5.88. The molecule has 118 valence electrons. The van der Waals surface area contributed by atoms with Crippen molar-refractivity contribution < 1.29 is 9.90 Å². The van der Waals surface area contributed by atoms with Gasteiger partial charge >= 0.3 is 0 Å². The monoisotopic (exact) mass is 294 g/mol. The van der Waals surface area contributed by atoms with Crippen LogP contribution in [0.5, 0.6) is 0 Å². The second kappa shape index (κ2) is 7.04. The first-order chi connectivity index (χ1) is 9.99. The topological polar surface area (TPSA) is 61.6 Å². The number of rotatable bonds is 5. The van der Waals surface area contributed by atoms with Gasteiger partial charge in [-0.25, -0.2) is 0 Å². The van der Waals surface area contributed by atoms with E-state index < -0.39 is 0 Å². The molecule has 6 heteroatoms. The summed E-state index contributed by atoms with van der Waals surface area (Å²) in [5.41, 5.74) is 2.07. The van der Waals surface area contributed by atoms with Crippen molar-refractivity contribution in [1.29, 1.82) is 0 Å². The third-order valence-electron chi connectivity index (χ3n) is 4.04. The molecule has 1 amide bonds. The molecule has 1 saturated heterocycles. The average Bonchev–Trinajstić information content (AvgIpc) is 2.79. The molecule has 21 heavy (non-hydrogen) atoms. The number of nitrogens with zero attached hydrogens (tertiary/aromatic N) is 4. The van der Waals surface area contributed by atoms with Crippen LogP contribution in [0.15, 0.2) is 6.20 Å². The van der Waals surface area contributed by atoms with Gasteiger partial charge in [0.05, 0.1) is 18.3 Å². The fourth-order valence-electron chi connectivity index (χ4n) is 2.71. The second-order valence-electron chi connectivity index (χ2n) is 5.88. The van der Waals surface area contributed by atoms with Crippen molar-refractivity contribution in [1.82, 2.24) is 19.6 Å². The van der Waals surface area contributed by atoms with Gasteiger partial charge in [0, 0.05) is 38.4 Å². The first kappa shape index (κ1) is 16.0. The Morgan fingerprint density at radius 2 is 2.33 bits per heavy atom. The average molecular weight is 294 g/mol. The molecule has 0 radical (unpaired) electrons. The fraction of sp³-hybridized carbons (Fsp3) is 0.733. The number of hydrogen-bond acceptors (Lipinski definition) is 4. The van der Waals surface area contributed by atoms with E-state index in [0.29, 0.717) is 19.6 Å². The van der Waals surface area contributed by atoms with Gasteiger partial charge in [-0.3, -0.25) is 14.4 Å². The molecule has 0 aliphatic carbocycles. The van der Waals surface area contributed by atoms with Crippen LogP contribution in [-0.4, -0.2) is 63.4 Å². The van der Waals surface area contributed by atoms with Crippen LogP contribution in [-0.2, 0) is 17.9 Å². The van der Waals surface area contributed by atoms with E-state index >= 15 is 0 Å². The zero-order valence-electron chi connectivity index (χ0n) is 13.2. The van der Waals surface area contributed by atoms with Crippen LogP contribution in [0.2, 0.25) is 0 Å². The zero-order valence-corrected chi connectivity index (χ0v) is 13.2. The molecule has 1 fully saturated rings. The Balaban J connectivity index is 1.88. The molecule has 0 aromatic carbocycles. The van der Waals surface area contributed by atoms with E-state index in [1.165, 1.54) is 0 Å². The highest BCUT2D eigenvalue weighted by molar-refractivity contribution is 5.78. The van der Waals surface area contributed by atoms with Gasteiger partial charge in [-0.1, -0.05) is 0 Å². The SMILES string of the molecule is CCn1cc(CN(C)C(=O)CN2CCCC(O)C2)c(C)n1. The van der Waals surface area contributed by atoms with Crippen molar-refractivity contribution in [3.05, 3.63) is 17.5 Å². The lowest BCUT2D eigenvalue weighted by atomic mass is 10.1.